The van der Waals surface area contributed by atoms with Gasteiger partial charge in [0.15, 0.2) is 16.3 Å². The van der Waals surface area contributed by atoms with Crippen LogP contribution in [0.25, 0.3) is 6.08 Å². The van der Waals surface area contributed by atoms with Gasteiger partial charge in [-0.2, -0.15) is 0 Å². The summed E-state index contributed by atoms with van der Waals surface area (Å²) in [4.78, 5) is 32.2. The quantitative estimate of drug-likeness (QED) is 0.527. The molecule has 1 atom stereocenters. The van der Waals surface area contributed by atoms with Crippen LogP contribution in [0.1, 0.15) is 30.3 Å². The highest BCUT2D eigenvalue weighted by Crippen LogP contribution is 2.37. The summed E-state index contributed by atoms with van der Waals surface area (Å²) < 4.78 is 18.1. The molecule has 5 rings (SSSR count). The minimum atomic E-state index is -0.598. The number of esters is 1. The van der Waals surface area contributed by atoms with Gasteiger partial charge in [0.2, 0.25) is 6.79 Å². The third-order valence-electron chi connectivity index (χ3n) is 5.11. The molecular formula is C22H17ClN2O5S2. The van der Waals surface area contributed by atoms with E-state index >= 15 is 0 Å². The number of aromatic nitrogens is 1. The molecule has 0 amide bonds. The normalized spacial score (nSPS) is 17.3. The fourth-order valence-corrected chi connectivity index (χ4v) is 5.76. The third kappa shape index (κ3) is 3.46. The fraction of sp³-hybridized carbons (Fsp3) is 0.227. The van der Waals surface area contributed by atoms with Crippen LogP contribution in [0.5, 0.6) is 11.5 Å². The first-order chi connectivity index (χ1) is 15.5. The van der Waals surface area contributed by atoms with Gasteiger partial charge in [0, 0.05) is 10.9 Å². The number of allylic oxidation sites excluding steroid dienone is 1. The van der Waals surface area contributed by atoms with Crippen molar-refractivity contribution < 1.29 is 19.0 Å². The first-order valence-electron chi connectivity index (χ1n) is 9.80. The van der Waals surface area contributed by atoms with Crippen molar-refractivity contribution >= 4 is 46.3 Å². The highest BCUT2D eigenvalue weighted by Gasteiger charge is 2.33. The summed E-state index contributed by atoms with van der Waals surface area (Å²) in [7, 11) is 0. The highest BCUT2D eigenvalue weighted by molar-refractivity contribution is 7.10. The van der Waals surface area contributed by atoms with Gasteiger partial charge in [0.05, 0.1) is 27.4 Å². The van der Waals surface area contributed by atoms with Gasteiger partial charge in [-0.1, -0.05) is 29.0 Å². The van der Waals surface area contributed by atoms with E-state index in [1.54, 1.807) is 36.6 Å². The zero-order valence-corrected chi connectivity index (χ0v) is 19.5. The SMILES string of the molecule is CCOC(=O)C1=C(C)N=c2s/c(=C/c3cc4c(cc3Cl)OCO4)c(=O)n2[C@@H]1c1cccs1. The number of thiophene rings is 1. The van der Waals surface area contributed by atoms with Crippen molar-refractivity contribution in [1.29, 1.82) is 0 Å². The van der Waals surface area contributed by atoms with Gasteiger partial charge in [0.1, 0.15) is 6.04 Å². The lowest BCUT2D eigenvalue weighted by atomic mass is 10.0. The Hall–Kier alpha value is -2.88. The molecule has 0 aliphatic carbocycles. The summed E-state index contributed by atoms with van der Waals surface area (Å²) in [6, 6.07) is 6.61. The summed E-state index contributed by atoms with van der Waals surface area (Å²) in [5, 5.41) is 2.36. The van der Waals surface area contributed by atoms with Gasteiger partial charge >= 0.3 is 5.97 Å². The summed E-state index contributed by atoms with van der Waals surface area (Å²) >= 11 is 9.13. The smallest absolute Gasteiger partial charge is 0.338 e. The first-order valence-corrected chi connectivity index (χ1v) is 11.9. The van der Waals surface area contributed by atoms with Crippen molar-refractivity contribution in [3.05, 3.63) is 76.1 Å². The maximum absolute atomic E-state index is 13.5. The minimum Gasteiger partial charge on any atom is -0.463 e. The predicted octanol–water partition coefficient (Wildman–Crippen LogP) is 3.24. The van der Waals surface area contributed by atoms with E-state index in [1.165, 1.54) is 22.7 Å². The number of hydrogen-bond acceptors (Lipinski definition) is 8. The van der Waals surface area contributed by atoms with Crippen LogP contribution < -0.4 is 24.4 Å². The van der Waals surface area contributed by atoms with Crippen molar-refractivity contribution in [2.24, 2.45) is 4.99 Å². The molecule has 164 valence electrons. The summed E-state index contributed by atoms with van der Waals surface area (Å²) in [6.45, 7) is 3.88. The van der Waals surface area contributed by atoms with Crippen LogP contribution in [-0.4, -0.2) is 23.9 Å². The molecule has 7 nitrogen and oxygen atoms in total. The summed E-state index contributed by atoms with van der Waals surface area (Å²) in [6.07, 6.45) is 1.71. The molecule has 2 aliphatic heterocycles. The molecular weight excluding hydrogens is 472 g/mol. The molecule has 0 bridgehead atoms. The van der Waals surface area contributed by atoms with Gasteiger partial charge in [-0.25, -0.2) is 9.79 Å². The Morgan fingerprint density at radius 3 is 2.88 bits per heavy atom. The topological polar surface area (TPSA) is 79.1 Å². The zero-order valence-electron chi connectivity index (χ0n) is 17.1. The molecule has 2 aromatic heterocycles. The van der Waals surface area contributed by atoms with Crippen molar-refractivity contribution in [3.63, 3.8) is 0 Å². The average Bonchev–Trinajstić information content (AvgIpc) is 3.49. The molecule has 4 heterocycles. The zero-order chi connectivity index (χ0) is 22.4. The van der Waals surface area contributed by atoms with Crippen molar-refractivity contribution in [2.45, 2.75) is 19.9 Å². The molecule has 0 unspecified atom stereocenters. The lowest BCUT2D eigenvalue weighted by Gasteiger charge is -2.23. The molecule has 1 aromatic carbocycles. The molecule has 0 N–H and O–H groups in total. The number of halogens is 1. The third-order valence-corrected chi connectivity index (χ3v) is 7.34. The van der Waals surface area contributed by atoms with E-state index in [9.17, 15) is 9.59 Å². The van der Waals surface area contributed by atoms with Crippen LogP contribution in [0.2, 0.25) is 5.02 Å². The molecule has 10 heteroatoms. The number of thiazole rings is 1. The van der Waals surface area contributed by atoms with E-state index in [0.717, 1.165) is 4.88 Å². The number of hydrogen-bond donors (Lipinski definition) is 0. The van der Waals surface area contributed by atoms with Crippen LogP contribution in [0.4, 0.5) is 0 Å². The minimum absolute atomic E-state index is 0.133. The van der Waals surface area contributed by atoms with E-state index in [2.05, 4.69) is 4.99 Å². The molecule has 0 saturated heterocycles. The number of nitrogens with zero attached hydrogens (tertiary/aromatic N) is 2. The van der Waals surface area contributed by atoms with E-state index < -0.39 is 12.0 Å². The lowest BCUT2D eigenvalue weighted by Crippen LogP contribution is -2.39. The van der Waals surface area contributed by atoms with Gasteiger partial charge in [-0.05, 0) is 43.0 Å². The molecule has 3 aromatic rings. The molecule has 2 aliphatic rings. The Labute approximate surface area is 195 Å². The van der Waals surface area contributed by atoms with Crippen LogP contribution in [0, 0.1) is 0 Å². The van der Waals surface area contributed by atoms with E-state index in [1.807, 2.05) is 17.5 Å². The van der Waals surface area contributed by atoms with Crippen LogP contribution in [0.3, 0.4) is 0 Å². The van der Waals surface area contributed by atoms with Gasteiger partial charge in [-0.15, -0.1) is 11.3 Å². The maximum atomic E-state index is 13.5. The number of benzene rings is 1. The molecule has 0 saturated carbocycles. The lowest BCUT2D eigenvalue weighted by molar-refractivity contribution is -0.139. The predicted molar refractivity (Wildman–Crippen MR) is 122 cm³/mol. The summed E-state index contributed by atoms with van der Waals surface area (Å²) in [5.41, 5.74) is 1.29. The Morgan fingerprint density at radius 1 is 1.38 bits per heavy atom. The Bertz CT molecular complexity index is 1440. The van der Waals surface area contributed by atoms with Gasteiger partial charge in [0.25, 0.3) is 5.56 Å². The fourth-order valence-electron chi connectivity index (χ4n) is 3.69. The molecule has 32 heavy (non-hydrogen) atoms. The molecule has 0 fully saturated rings. The Morgan fingerprint density at radius 2 is 2.16 bits per heavy atom. The van der Waals surface area contributed by atoms with Crippen molar-refractivity contribution in [3.8, 4) is 11.5 Å². The standard InChI is InChI=1S/C22H17ClN2O5S2/c1-3-28-21(27)18-11(2)24-22-25(19(18)16-5-4-6-31-16)20(26)17(32-22)8-12-7-14-15(9-13(12)23)30-10-29-14/h4-9,19H,3,10H2,1-2H3/b17-8+/t19-/m1/s1. The number of carbonyl (C=O) groups excluding carboxylic acids is 1. The van der Waals surface area contributed by atoms with Crippen molar-refractivity contribution in [2.75, 3.05) is 13.4 Å². The average molecular weight is 489 g/mol. The second-order valence-corrected chi connectivity index (χ2v) is 9.44. The van der Waals surface area contributed by atoms with Gasteiger partial charge in [-0.3, -0.25) is 9.36 Å². The van der Waals surface area contributed by atoms with E-state index in [0.29, 0.717) is 42.7 Å². The number of carbonyl (C=O) groups is 1. The maximum Gasteiger partial charge on any atom is 0.338 e. The first kappa shape index (κ1) is 21.0. The van der Waals surface area contributed by atoms with Crippen LogP contribution in [-0.2, 0) is 9.53 Å². The second kappa shape index (κ2) is 8.23. The highest BCUT2D eigenvalue weighted by atomic mass is 35.5. The second-order valence-electron chi connectivity index (χ2n) is 7.04. The van der Waals surface area contributed by atoms with E-state index in [4.69, 9.17) is 25.8 Å². The van der Waals surface area contributed by atoms with E-state index in [-0.39, 0.29) is 19.0 Å². The molecule has 0 radical (unpaired) electrons. The number of rotatable bonds is 4. The Balaban J connectivity index is 1.70. The molecule has 0 spiro atoms. The Kier molecular flexibility index (Phi) is 5.40. The number of fused-ring (bicyclic) bond motifs is 2. The van der Waals surface area contributed by atoms with Gasteiger partial charge < -0.3 is 14.2 Å². The van der Waals surface area contributed by atoms with Crippen LogP contribution >= 0.6 is 34.3 Å². The van der Waals surface area contributed by atoms with Crippen LogP contribution in [0.15, 0.2) is 50.7 Å². The monoisotopic (exact) mass is 488 g/mol. The largest absolute Gasteiger partial charge is 0.463 e. The number of ether oxygens (including phenoxy) is 3. The van der Waals surface area contributed by atoms with Crippen molar-refractivity contribution in [1.82, 2.24) is 4.57 Å². The summed E-state index contributed by atoms with van der Waals surface area (Å²) in [5.74, 6) is 0.673.